The highest BCUT2D eigenvalue weighted by Crippen LogP contribution is 2.41. The average molecular weight is 494 g/mol. The maximum Gasteiger partial charge on any atom is 0.309 e. The molecule has 1 aromatic carbocycles. The van der Waals surface area contributed by atoms with Crippen LogP contribution in [0, 0.1) is 17.3 Å². The second kappa shape index (κ2) is 11.0. The van der Waals surface area contributed by atoms with Crippen LogP contribution in [0.1, 0.15) is 42.9 Å². The first-order valence-electron chi connectivity index (χ1n) is 11.6. The molecular formula is C27H28ClN3O4. The Bertz CT molecular complexity index is 1250. The summed E-state index contributed by atoms with van der Waals surface area (Å²) in [5, 5.41) is 22.2. The summed E-state index contributed by atoms with van der Waals surface area (Å²) >= 11 is 6.42. The van der Waals surface area contributed by atoms with Crippen LogP contribution in [0.3, 0.4) is 0 Å². The van der Waals surface area contributed by atoms with Gasteiger partial charge in [0.1, 0.15) is 5.75 Å². The van der Waals surface area contributed by atoms with Gasteiger partial charge >= 0.3 is 5.97 Å². The highest BCUT2D eigenvalue weighted by atomic mass is 35.5. The summed E-state index contributed by atoms with van der Waals surface area (Å²) in [4.78, 5) is 22.8. The zero-order valence-corrected chi connectivity index (χ0v) is 20.3. The fourth-order valence-electron chi connectivity index (χ4n) is 4.59. The number of rotatable bonds is 7. The molecule has 1 fully saturated rings. The van der Waals surface area contributed by atoms with Crippen LogP contribution < -0.4 is 4.74 Å². The predicted molar refractivity (Wildman–Crippen MR) is 134 cm³/mol. The molecule has 0 amide bonds. The number of halogens is 1. The minimum Gasteiger partial charge on any atom is -0.497 e. The maximum atomic E-state index is 12.3. The lowest BCUT2D eigenvalue weighted by atomic mass is 9.74. The van der Waals surface area contributed by atoms with Crippen LogP contribution in [0.15, 0.2) is 48.9 Å². The third-order valence-electron chi connectivity index (χ3n) is 6.78. The van der Waals surface area contributed by atoms with Crippen molar-refractivity contribution in [3.63, 3.8) is 0 Å². The van der Waals surface area contributed by atoms with Gasteiger partial charge in [0, 0.05) is 48.2 Å². The van der Waals surface area contributed by atoms with Crippen LogP contribution in [0.4, 0.5) is 0 Å². The number of carboxylic acid groups (broad SMARTS) is 1. The van der Waals surface area contributed by atoms with E-state index in [4.69, 9.17) is 16.3 Å². The zero-order chi connectivity index (χ0) is 24.8. The number of carbonyl (C=O) groups is 1. The van der Waals surface area contributed by atoms with E-state index in [0.29, 0.717) is 66.1 Å². The third-order valence-corrected chi connectivity index (χ3v) is 7.08. The number of ether oxygens (including phenoxy) is 1. The number of nitrogens with zero attached hydrogens (tertiary/aromatic N) is 3. The van der Waals surface area contributed by atoms with Gasteiger partial charge in [0.15, 0.2) is 0 Å². The van der Waals surface area contributed by atoms with E-state index >= 15 is 0 Å². The van der Waals surface area contributed by atoms with E-state index in [1.54, 1.807) is 31.6 Å². The number of carboxylic acids is 1. The van der Waals surface area contributed by atoms with Crippen LogP contribution in [-0.4, -0.2) is 57.8 Å². The molecule has 0 bridgehead atoms. The summed E-state index contributed by atoms with van der Waals surface area (Å²) < 4.78 is 5.32. The lowest BCUT2D eigenvalue weighted by Crippen LogP contribution is -2.44. The monoisotopic (exact) mass is 493 g/mol. The van der Waals surface area contributed by atoms with Crippen molar-refractivity contribution in [2.45, 2.75) is 31.8 Å². The molecule has 7 nitrogen and oxygen atoms in total. The molecule has 0 radical (unpaired) electrons. The summed E-state index contributed by atoms with van der Waals surface area (Å²) in [5.74, 6) is 6.09. The largest absolute Gasteiger partial charge is 0.497 e. The van der Waals surface area contributed by atoms with Crippen molar-refractivity contribution < 1.29 is 19.7 Å². The van der Waals surface area contributed by atoms with Crippen LogP contribution in [-0.2, 0) is 4.79 Å². The molecule has 0 spiro atoms. The number of likely N-dealkylation sites (tertiary alicyclic amines) is 1. The molecule has 1 aliphatic heterocycles. The number of methoxy groups -OCH3 is 1. The highest BCUT2D eigenvalue weighted by molar-refractivity contribution is 6.32. The van der Waals surface area contributed by atoms with Crippen LogP contribution in [0.2, 0.25) is 5.02 Å². The Balaban J connectivity index is 1.42. The SMILES string of the molecule is COc1ccc2ncc(Cl)c([C@H](O)CCC3(C(=O)O)CCN(CC#Cc4ccncc4)CC3)c2c1. The van der Waals surface area contributed by atoms with Gasteiger partial charge in [0.25, 0.3) is 0 Å². The minimum atomic E-state index is -0.916. The van der Waals surface area contributed by atoms with Crippen molar-refractivity contribution in [2.24, 2.45) is 5.41 Å². The Morgan fingerprint density at radius 2 is 2.00 bits per heavy atom. The summed E-state index contributed by atoms with van der Waals surface area (Å²) in [5.41, 5.74) is 1.27. The number of pyridine rings is 2. The molecule has 0 saturated carbocycles. The number of benzene rings is 1. The molecule has 4 rings (SSSR count). The minimum absolute atomic E-state index is 0.282. The molecule has 3 aromatic rings. The summed E-state index contributed by atoms with van der Waals surface area (Å²) in [7, 11) is 1.57. The van der Waals surface area contributed by atoms with Crippen molar-refractivity contribution in [1.29, 1.82) is 0 Å². The summed E-state index contributed by atoms with van der Waals surface area (Å²) in [6.07, 6.45) is 5.66. The topological polar surface area (TPSA) is 95.8 Å². The van der Waals surface area contributed by atoms with E-state index in [1.165, 1.54) is 6.20 Å². The van der Waals surface area contributed by atoms with E-state index in [1.807, 2.05) is 18.2 Å². The molecule has 2 N–H and O–H groups in total. The predicted octanol–water partition coefficient (Wildman–Crippen LogP) is 4.32. The number of aromatic nitrogens is 2. The van der Waals surface area contributed by atoms with Gasteiger partial charge in [-0.3, -0.25) is 19.7 Å². The molecule has 35 heavy (non-hydrogen) atoms. The average Bonchev–Trinajstić information content (AvgIpc) is 2.88. The second-order valence-corrected chi connectivity index (χ2v) is 9.26. The second-order valence-electron chi connectivity index (χ2n) is 8.86. The molecule has 0 aliphatic carbocycles. The molecule has 182 valence electrons. The van der Waals surface area contributed by atoms with Gasteiger partial charge in [-0.2, -0.15) is 0 Å². The molecule has 2 aromatic heterocycles. The van der Waals surface area contributed by atoms with Crippen LogP contribution >= 0.6 is 11.6 Å². The van der Waals surface area contributed by atoms with Crippen molar-refractivity contribution in [2.75, 3.05) is 26.7 Å². The van der Waals surface area contributed by atoms with E-state index in [2.05, 4.69) is 26.7 Å². The lowest BCUT2D eigenvalue weighted by molar-refractivity contribution is -0.153. The molecule has 1 aliphatic rings. The fraction of sp³-hybridized carbons (Fsp3) is 0.370. The maximum absolute atomic E-state index is 12.3. The Hall–Kier alpha value is -3.18. The number of aliphatic hydroxyl groups is 1. The lowest BCUT2D eigenvalue weighted by Gasteiger charge is -2.38. The van der Waals surface area contributed by atoms with Gasteiger partial charge in [-0.15, -0.1) is 0 Å². The summed E-state index contributed by atoms with van der Waals surface area (Å²) in [6.45, 7) is 1.87. The van der Waals surface area contributed by atoms with Crippen molar-refractivity contribution in [3.05, 3.63) is 65.1 Å². The van der Waals surface area contributed by atoms with Gasteiger partial charge in [-0.05, 0) is 56.0 Å². The Morgan fingerprint density at radius 3 is 2.69 bits per heavy atom. The molecule has 3 heterocycles. The van der Waals surface area contributed by atoms with Crippen LogP contribution in [0.25, 0.3) is 10.9 Å². The van der Waals surface area contributed by atoms with E-state index in [-0.39, 0.29) is 6.42 Å². The zero-order valence-electron chi connectivity index (χ0n) is 19.6. The number of aliphatic hydroxyl groups excluding tert-OH is 1. The third kappa shape index (κ3) is 5.73. The molecule has 1 atom stereocenters. The van der Waals surface area contributed by atoms with Gasteiger partial charge in [-0.1, -0.05) is 23.4 Å². The number of aliphatic carboxylic acids is 1. The Labute approximate surface area is 209 Å². The first-order chi connectivity index (χ1) is 16.9. The standard InChI is InChI=1S/C27H28ClN3O4/c1-35-20-4-5-23-21(17-20)25(22(28)18-30-23)24(32)6-9-27(26(33)34)10-15-31(16-11-27)14-2-3-19-7-12-29-13-8-19/h4-5,7-8,12-13,17-18,24,32H,6,9-11,14-16H2,1H3,(H,33,34)/t24-/m1/s1. The Kier molecular flexibility index (Phi) is 7.86. The summed E-state index contributed by atoms with van der Waals surface area (Å²) in [6, 6.07) is 9.13. The number of piperidine rings is 1. The first-order valence-corrected chi connectivity index (χ1v) is 11.9. The van der Waals surface area contributed by atoms with Crippen LogP contribution in [0.5, 0.6) is 5.75 Å². The van der Waals surface area contributed by atoms with Crippen molar-refractivity contribution >= 4 is 28.5 Å². The van der Waals surface area contributed by atoms with E-state index < -0.39 is 17.5 Å². The molecule has 1 saturated heterocycles. The van der Waals surface area contributed by atoms with Gasteiger partial charge < -0.3 is 14.9 Å². The molecule has 8 heteroatoms. The molecule has 0 unspecified atom stereocenters. The van der Waals surface area contributed by atoms with Gasteiger partial charge in [0.2, 0.25) is 0 Å². The van der Waals surface area contributed by atoms with Crippen molar-refractivity contribution in [1.82, 2.24) is 14.9 Å². The van der Waals surface area contributed by atoms with E-state index in [0.717, 1.165) is 5.56 Å². The number of hydrogen-bond acceptors (Lipinski definition) is 6. The molecular weight excluding hydrogens is 466 g/mol. The smallest absolute Gasteiger partial charge is 0.309 e. The Morgan fingerprint density at radius 1 is 1.26 bits per heavy atom. The normalized spacial score (nSPS) is 16.3. The fourth-order valence-corrected chi connectivity index (χ4v) is 4.87. The highest BCUT2D eigenvalue weighted by Gasteiger charge is 2.41. The van der Waals surface area contributed by atoms with Crippen molar-refractivity contribution in [3.8, 4) is 17.6 Å². The number of hydrogen-bond donors (Lipinski definition) is 2. The quantitative estimate of drug-likeness (QED) is 0.473. The first kappa shape index (κ1) is 24.9. The van der Waals surface area contributed by atoms with Gasteiger partial charge in [-0.25, -0.2) is 0 Å². The number of fused-ring (bicyclic) bond motifs is 1. The van der Waals surface area contributed by atoms with Gasteiger partial charge in [0.05, 0.1) is 35.7 Å². The van der Waals surface area contributed by atoms with E-state index in [9.17, 15) is 15.0 Å².